The van der Waals surface area contributed by atoms with Gasteiger partial charge in [-0.15, -0.1) is 0 Å². The predicted octanol–water partition coefficient (Wildman–Crippen LogP) is 2.34. The van der Waals surface area contributed by atoms with E-state index in [4.69, 9.17) is 0 Å². The van der Waals surface area contributed by atoms with Gasteiger partial charge in [0.05, 0.1) is 6.20 Å². The van der Waals surface area contributed by atoms with Gasteiger partial charge in [0.2, 0.25) is 0 Å². The SMILES string of the molecule is Cc1[nH]ncc1C1CCN(C(=O)c2cc(C3CC3)[nH]n2)CC1. The van der Waals surface area contributed by atoms with Crippen LogP contribution in [0.1, 0.15) is 65.0 Å². The summed E-state index contributed by atoms with van der Waals surface area (Å²) in [7, 11) is 0. The van der Waals surface area contributed by atoms with Crippen molar-refractivity contribution in [3.8, 4) is 0 Å². The average molecular weight is 299 g/mol. The molecule has 2 N–H and O–H groups in total. The van der Waals surface area contributed by atoms with E-state index >= 15 is 0 Å². The zero-order valence-corrected chi connectivity index (χ0v) is 12.8. The number of H-pyrrole nitrogens is 2. The molecule has 1 aliphatic carbocycles. The number of likely N-dealkylation sites (tertiary alicyclic amines) is 1. The Balaban J connectivity index is 1.40. The molecular weight excluding hydrogens is 278 g/mol. The van der Waals surface area contributed by atoms with Gasteiger partial charge in [-0.25, -0.2) is 0 Å². The molecule has 6 heteroatoms. The molecule has 1 saturated carbocycles. The lowest BCUT2D eigenvalue weighted by atomic mass is 9.90. The number of aryl methyl sites for hydroxylation is 1. The fourth-order valence-corrected chi connectivity index (χ4v) is 3.38. The molecule has 4 rings (SSSR count). The summed E-state index contributed by atoms with van der Waals surface area (Å²) in [6, 6.07) is 1.94. The largest absolute Gasteiger partial charge is 0.337 e. The van der Waals surface area contributed by atoms with E-state index in [0.29, 0.717) is 17.5 Å². The van der Waals surface area contributed by atoms with Crippen molar-refractivity contribution in [2.45, 2.75) is 44.4 Å². The van der Waals surface area contributed by atoms with Crippen molar-refractivity contribution in [3.63, 3.8) is 0 Å². The molecule has 1 saturated heterocycles. The van der Waals surface area contributed by atoms with Gasteiger partial charge in [0, 0.05) is 30.4 Å². The van der Waals surface area contributed by atoms with E-state index in [9.17, 15) is 4.79 Å². The van der Waals surface area contributed by atoms with Crippen LogP contribution in [0.25, 0.3) is 0 Å². The first kappa shape index (κ1) is 13.5. The molecule has 2 aromatic rings. The van der Waals surface area contributed by atoms with E-state index in [1.165, 1.54) is 18.4 Å². The molecule has 2 fully saturated rings. The molecule has 0 radical (unpaired) electrons. The number of amides is 1. The van der Waals surface area contributed by atoms with Crippen LogP contribution >= 0.6 is 0 Å². The third kappa shape index (κ3) is 2.42. The Morgan fingerprint density at radius 1 is 1.18 bits per heavy atom. The minimum atomic E-state index is 0.0607. The molecule has 2 aromatic heterocycles. The topological polar surface area (TPSA) is 77.7 Å². The normalized spacial score (nSPS) is 19.6. The number of carbonyl (C=O) groups is 1. The van der Waals surface area contributed by atoms with Gasteiger partial charge >= 0.3 is 0 Å². The molecule has 6 nitrogen and oxygen atoms in total. The van der Waals surface area contributed by atoms with Crippen LogP contribution < -0.4 is 0 Å². The van der Waals surface area contributed by atoms with Crippen molar-refractivity contribution in [1.82, 2.24) is 25.3 Å². The predicted molar refractivity (Wildman–Crippen MR) is 81.8 cm³/mol. The number of aromatic nitrogens is 4. The number of hydrogen-bond acceptors (Lipinski definition) is 3. The Bertz CT molecular complexity index is 676. The van der Waals surface area contributed by atoms with Crippen molar-refractivity contribution >= 4 is 5.91 Å². The summed E-state index contributed by atoms with van der Waals surface area (Å²) >= 11 is 0. The van der Waals surface area contributed by atoms with Gasteiger partial charge < -0.3 is 4.90 Å². The number of carbonyl (C=O) groups excluding carboxylic acids is 1. The second-order valence-electron chi connectivity index (χ2n) is 6.50. The summed E-state index contributed by atoms with van der Waals surface area (Å²) in [5.41, 5.74) is 4.13. The smallest absolute Gasteiger partial charge is 0.274 e. The lowest BCUT2D eigenvalue weighted by molar-refractivity contribution is 0.0707. The van der Waals surface area contributed by atoms with Gasteiger partial charge in [-0.1, -0.05) is 0 Å². The van der Waals surface area contributed by atoms with Crippen molar-refractivity contribution in [3.05, 3.63) is 34.9 Å². The molecule has 0 bridgehead atoms. The molecule has 0 atom stereocenters. The van der Waals surface area contributed by atoms with Gasteiger partial charge in [-0.05, 0) is 50.2 Å². The highest BCUT2D eigenvalue weighted by Crippen LogP contribution is 2.39. The highest BCUT2D eigenvalue weighted by atomic mass is 16.2. The number of aromatic amines is 2. The molecule has 22 heavy (non-hydrogen) atoms. The van der Waals surface area contributed by atoms with Crippen LogP contribution in [0, 0.1) is 6.92 Å². The van der Waals surface area contributed by atoms with E-state index in [1.807, 2.05) is 17.2 Å². The summed E-state index contributed by atoms with van der Waals surface area (Å²) in [5, 5.41) is 14.3. The van der Waals surface area contributed by atoms with E-state index < -0.39 is 0 Å². The van der Waals surface area contributed by atoms with Gasteiger partial charge in [-0.3, -0.25) is 15.0 Å². The van der Waals surface area contributed by atoms with Gasteiger partial charge in [-0.2, -0.15) is 10.2 Å². The number of rotatable bonds is 3. The van der Waals surface area contributed by atoms with Gasteiger partial charge in [0.25, 0.3) is 5.91 Å². The lowest BCUT2D eigenvalue weighted by Crippen LogP contribution is -2.38. The molecule has 0 spiro atoms. The summed E-state index contributed by atoms with van der Waals surface area (Å²) in [6.45, 7) is 3.64. The molecule has 1 amide bonds. The summed E-state index contributed by atoms with van der Waals surface area (Å²) in [5.74, 6) is 1.17. The van der Waals surface area contributed by atoms with Crippen LogP contribution in [0.2, 0.25) is 0 Å². The maximum Gasteiger partial charge on any atom is 0.274 e. The number of piperidine rings is 1. The molecule has 116 valence electrons. The molecular formula is C16H21N5O. The monoisotopic (exact) mass is 299 g/mol. The first-order chi connectivity index (χ1) is 10.7. The van der Waals surface area contributed by atoms with Gasteiger partial charge in [0.15, 0.2) is 0 Å². The van der Waals surface area contributed by atoms with Crippen LogP contribution in [0.3, 0.4) is 0 Å². The van der Waals surface area contributed by atoms with Crippen molar-refractivity contribution in [2.75, 3.05) is 13.1 Å². The highest BCUT2D eigenvalue weighted by Gasteiger charge is 2.29. The second kappa shape index (κ2) is 5.26. The molecule has 3 heterocycles. The first-order valence-corrected chi connectivity index (χ1v) is 8.07. The van der Waals surface area contributed by atoms with E-state index in [0.717, 1.165) is 37.3 Å². The summed E-state index contributed by atoms with van der Waals surface area (Å²) < 4.78 is 0. The zero-order chi connectivity index (χ0) is 15.1. The van der Waals surface area contributed by atoms with Crippen LogP contribution in [0.4, 0.5) is 0 Å². The average Bonchev–Trinajstić information content (AvgIpc) is 3.12. The van der Waals surface area contributed by atoms with Crippen LogP contribution in [-0.2, 0) is 0 Å². The standard InChI is InChI=1S/C16H21N5O/c1-10-13(9-17-18-10)11-4-6-21(7-5-11)16(22)15-8-14(19-20-15)12-2-3-12/h8-9,11-12H,2-7H2,1H3,(H,17,18)(H,19,20). The number of hydrogen-bond donors (Lipinski definition) is 2. The van der Waals surface area contributed by atoms with E-state index in [1.54, 1.807) is 0 Å². The third-order valence-corrected chi connectivity index (χ3v) is 4.92. The first-order valence-electron chi connectivity index (χ1n) is 8.07. The lowest BCUT2D eigenvalue weighted by Gasteiger charge is -2.31. The maximum absolute atomic E-state index is 12.5. The summed E-state index contributed by atoms with van der Waals surface area (Å²) in [6.07, 6.45) is 6.34. The Morgan fingerprint density at radius 2 is 1.95 bits per heavy atom. The minimum absolute atomic E-state index is 0.0607. The van der Waals surface area contributed by atoms with Crippen molar-refractivity contribution < 1.29 is 4.79 Å². The van der Waals surface area contributed by atoms with Gasteiger partial charge in [0.1, 0.15) is 5.69 Å². The van der Waals surface area contributed by atoms with Crippen LogP contribution in [-0.4, -0.2) is 44.3 Å². The molecule has 0 aromatic carbocycles. The molecule has 1 aliphatic heterocycles. The third-order valence-electron chi connectivity index (χ3n) is 4.92. The second-order valence-corrected chi connectivity index (χ2v) is 6.50. The maximum atomic E-state index is 12.5. The molecule has 0 unspecified atom stereocenters. The highest BCUT2D eigenvalue weighted by molar-refractivity contribution is 5.92. The van der Waals surface area contributed by atoms with Crippen LogP contribution in [0.15, 0.2) is 12.3 Å². The fourth-order valence-electron chi connectivity index (χ4n) is 3.38. The fraction of sp³-hybridized carbons (Fsp3) is 0.562. The number of nitrogens with one attached hydrogen (secondary N) is 2. The summed E-state index contributed by atoms with van der Waals surface area (Å²) in [4.78, 5) is 14.5. The van der Waals surface area contributed by atoms with Crippen LogP contribution in [0.5, 0.6) is 0 Å². The Hall–Kier alpha value is -2.11. The Labute approximate surface area is 129 Å². The number of nitrogens with zero attached hydrogens (tertiary/aromatic N) is 3. The minimum Gasteiger partial charge on any atom is -0.337 e. The van der Waals surface area contributed by atoms with Crippen molar-refractivity contribution in [1.29, 1.82) is 0 Å². The quantitative estimate of drug-likeness (QED) is 0.913. The molecule has 2 aliphatic rings. The van der Waals surface area contributed by atoms with E-state index in [-0.39, 0.29) is 5.91 Å². The Morgan fingerprint density at radius 3 is 2.59 bits per heavy atom. The van der Waals surface area contributed by atoms with E-state index in [2.05, 4.69) is 27.3 Å². The van der Waals surface area contributed by atoms with Crippen molar-refractivity contribution in [2.24, 2.45) is 0 Å². The zero-order valence-electron chi connectivity index (χ0n) is 12.8. The Kier molecular flexibility index (Phi) is 3.24.